The summed E-state index contributed by atoms with van der Waals surface area (Å²) < 4.78 is 0. The number of hydrogen-bond acceptors (Lipinski definition) is 5. The Hall–Kier alpha value is -4.04. The second-order valence-corrected chi connectivity index (χ2v) is 8.51. The van der Waals surface area contributed by atoms with Crippen LogP contribution in [0.3, 0.4) is 0 Å². The Bertz CT molecular complexity index is 1650. The van der Waals surface area contributed by atoms with Crippen molar-refractivity contribution in [3.63, 3.8) is 0 Å². The lowest BCUT2D eigenvalue weighted by molar-refractivity contribution is 1.08. The third-order valence-electron chi connectivity index (χ3n) is 5.44. The molecule has 32 heavy (non-hydrogen) atoms. The van der Waals surface area contributed by atoms with Crippen molar-refractivity contribution in [1.82, 2.24) is 25.4 Å². The summed E-state index contributed by atoms with van der Waals surface area (Å²) in [6.07, 6.45) is 0. The summed E-state index contributed by atoms with van der Waals surface area (Å²) in [7, 11) is 0. The molecule has 0 unspecified atom stereocenters. The fourth-order valence-electron chi connectivity index (χ4n) is 3.85. The lowest BCUT2D eigenvalue weighted by Crippen LogP contribution is -1.97. The van der Waals surface area contributed by atoms with Crippen LogP contribution >= 0.6 is 11.8 Å². The zero-order valence-electron chi connectivity index (χ0n) is 16.8. The predicted octanol–water partition coefficient (Wildman–Crippen LogP) is 5.32. The molecule has 156 valence electrons. The smallest absolute Gasteiger partial charge is 0.271 e. The van der Waals surface area contributed by atoms with Gasteiger partial charge in [-0.3, -0.25) is 20.1 Å². The average molecular weight is 439 g/mol. The number of rotatable bonds is 5. The van der Waals surface area contributed by atoms with Crippen LogP contribution in [0.15, 0.2) is 82.6 Å². The van der Waals surface area contributed by atoms with Crippen LogP contribution in [-0.4, -0.2) is 25.4 Å². The molecule has 0 radical (unpaired) electrons. The first-order chi connectivity index (χ1) is 15.7. The van der Waals surface area contributed by atoms with Crippen molar-refractivity contribution in [1.29, 1.82) is 0 Å². The van der Waals surface area contributed by atoms with E-state index in [0.29, 0.717) is 5.39 Å². The van der Waals surface area contributed by atoms with Gasteiger partial charge >= 0.3 is 0 Å². The molecule has 0 aliphatic heterocycles. The summed E-state index contributed by atoms with van der Waals surface area (Å²) in [4.78, 5) is 16.6. The van der Waals surface area contributed by atoms with Gasteiger partial charge in [0, 0.05) is 16.5 Å². The molecule has 0 fully saturated rings. The predicted molar refractivity (Wildman–Crippen MR) is 130 cm³/mol. The van der Waals surface area contributed by atoms with E-state index in [2.05, 4.69) is 37.8 Å². The van der Waals surface area contributed by atoms with Crippen LogP contribution in [0.2, 0.25) is 0 Å². The monoisotopic (exact) mass is 438 g/mol. The molecule has 8 heteroatoms. The highest BCUT2D eigenvalue weighted by Gasteiger charge is 2.11. The highest BCUT2D eigenvalue weighted by molar-refractivity contribution is 7.98. The number of hydrogen-bond donors (Lipinski definition) is 4. The zero-order valence-corrected chi connectivity index (χ0v) is 17.7. The van der Waals surface area contributed by atoms with Gasteiger partial charge in [-0.25, -0.2) is 4.98 Å². The summed E-state index contributed by atoms with van der Waals surface area (Å²) in [5.41, 5.74) is 4.69. The van der Waals surface area contributed by atoms with Gasteiger partial charge in [0.05, 0.1) is 32.6 Å². The van der Waals surface area contributed by atoms with Gasteiger partial charge in [0.15, 0.2) is 5.82 Å². The molecule has 0 atom stereocenters. The molecule has 0 aliphatic rings. The molecule has 4 N–H and O–H groups in total. The van der Waals surface area contributed by atoms with E-state index in [-0.39, 0.29) is 5.56 Å². The number of aromatic amines is 3. The van der Waals surface area contributed by atoms with Crippen molar-refractivity contribution < 1.29 is 0 Å². The normalized spacial score (nSPS) is 11.5. The molecule has 3 aromatic carbocycles. The van der Waals surface area contributed by atoms with Crippen molar-refractivity contribution >= 4 is 56.0 Å². The molecule has 0 amide bonds. The Labute approximate surface area is 186 Å². The highest BCUT2D eigenvalue weighted by atomic mass is 32.2. The second-order valence-electron chi connectivity index (χ2n) is 7.52. The van der Waals surface area contributed by atoms with Crippen molar-refractivity contribution in [2.75, 3.05) is 5.32 Å². The minimum Gasteiger partial charge on any atom is -0.338 e. The van der Waals surface area contributed by atoms with Gasteiger partial charge in [-0.2, -0.15) is 5.10 Å². The van der Waals surface area contributed by atoms with Gasteiger partial charge in [0.1, 0.15) is 0 Å². The van der Waals surface area contributed by atoms with Gasteiger partial charge in [-0.1, -0.05) is 36.4 Å². The number of benzene rings is 3. The van der Waals surface area contributed by atoms with Crippen LogP contribution in [-0.2, 0) is 5.75 Å². The molecular formula is C24H18N6OS. The Morgan fingerprint density at radius 3 is 2.62 bits per heavy atom. The first kappa shape index (κ1) is 18.7. The van der Waals surface area contributed by atoms with E-state index in [4.69, 9.17) is 4.98 Å². The number of nitrogens with zero attached hydrogens (tertiary/aromatic N) is 2. The SMILES string of the molecule is O=c1[nH][nH]c2cc(CSc3cc(Nc4n[nH]c5ccccc45)c4ccccc4n3)ccc12. The molecule has 0 saturated heterocycles. The maximum Gasteiger partial charge on any atom is 0.271 e. The van der Waals surface area contributed by atoms with Gasteiger partial charge in [0.25, 0.3) is 5.56 Å². The van der Waals surface area contributed by atoms with Crippen molar-refractivity contribution in [3.05, 3.63) is 88.7 Å². The first-order valence-electron chi connectivity index (χ1n) is 10.2. The molecule has 3 heterocycles. The van der Waals surface area contributed by atoms with E-state index in [1.165, 1.54) is 0 Å². The third kappa shape index (κ3) is 3.30. The molecular weight excluding hydrogens is 420 g/mol. The summed E-state index contributed by atoms with van der Waals surface area (Å²) in [6, 6.07) is 24.0. The number of para-hydroxylation sites is 2. The standard InChI is InChI=1S/C24H18N6OS/c31-24-17-10-9-14(11-21(17)28-30-24)13-32-22-12-20(15-5-1-3-7-18(15)25-22)26-23-16-6-2-4-8-19(16)27-29-23/h1-12H,13H2,(H2,28,30,31)(H2,25,26,27,29). The molecule has 7 nitrogen and oxygen atoms in total. The van der Waals surface area contributed by atoms with Gasteiger partial charge < -0.3 is 5.32 Å². The molecule has 6 rings (SSSR count). The van der Waals surface area contributed by atoms with Gasteiger partial charge in [-0.15, -0.1) is 11.8 Å². The Morgan fingerprint density at radius 2 is 1.69 bits per heavy atom. The lowest BCUT2D eigenvalue weighted by atomic mass is 10.2. The minimum atomic E-state index is -0.1000. The molecule has 6 aromatic rings. The Morgan fingerprint density at radius 1 is 0.844 bits per heavy atom. The minimum absolute atomic E-state index is 0.1000. The van der Waals surface area contributed by atoms with Crippen LogP contribution in [0, 0.1) is 0 Å². The fraction of sp³-hybridized carbons (Fsp3) is 0.0417. The van der Waals surface area contributed by atoms with E-state index in [9.17, 15) is 4.79 Å². The van der Waals surface area contributed by atoms with E-state index < -0.39 is 0 Å². The number of thioether (sulfide) groups is 1. The van der Waals surface area contributed by atoms with Gasteiger partial charge in [-0.05, 0) is 42.0 Å². The third-order valence-corrected chi connectivity index (χ3v) is 6.42. The summed E-state index contributed by atoms with van der Waals surface area (Å²) >= 11 is 1.65. The molecule has 0 aliphatic carbocycles. The van der Waals surface area contributed by atoms with Crippen LogP contribution < -0.4 is 10.9 Å². The van der Waals surface area contributed by atoms with Crippen LogP contribution in [0.4, 0.5) is 11.5 Å². The summed E-state index contributed by atoms with van der Waals surface area (Å²) in [5.74, 6) is 1.52. The molecule has 0 bridgehead atoms. The topological polar surface area (TPSA) is 102 Å². The molecule has 0 saturated carbocycles. The maximum absolute atomic E-state index is 11.7. The van der Waals surface area contributed by atoms with Crippen LogP contribution in [0.25, 0.3) is 32.7 Å². The first-order valence-corrected chi connectivity index (χ1v) is 11.2. The van der Waals surface area contributed by atoms with E-state index in [1.54, 1.807) is 11.8 Å². The summed E-state index contributed by atoms with van der Waals surface area (Å²) in [5, 5.41) is 20.2. The number of pyridine rings is 1. The number of fused-ring (bicyclic) bond motifs is 3. The van der Waals surface area contributed by atoms with Crippen molar-refractivity contribution in [2.45, 2.75) is 10.8 Å². The van der Waals surface area contributed by atoms with Crippen molar-refractivity contribution in [3.8, 4) is 0 Å². The molecule has 0 spiro atoms. The number of anilines is 2. The number of H-pyrrole nitrogens is 3. The Balaban J connectivity index is 1.34. The maximum atomic E-state index is 11.7. The number of nitrogens with one attached hydrogen (secondary N) is 4. The largest absolute Gasteiger partial charge is 0.338 e. The van der Waals surface area contributed by atoms with Crippen molar-refractivity contribution in [2.24, 2.45) is 0 Å². The zero-order chi connectivity index (χ0) is 21.5. The van der Waals surface area contributed by atoms with E-state index in [0.717, 1.165) is 55.2 Å². The highest BCUT2D eigenvalue weighted by Crippen LogP contribution is 2.33. The Kier molecular flexibility index (Phi) is 4.43. The van der Waals surface area contributed by atoms with E-state index >= 15 is 0 Å². The van der Waals surface area contributed by atoms with Gasteiger partial charge in [0.2, 0.25) is 0 Å². The van der Waals surface area contributed by atoms with Crippen LogP contribution in [0.5, 0.6) is 0 Å². The quantitative estimate of drug-likeness (QED) is 0.273. The lowest BCUT2D eigenvalue weighted by Gasteiger charge is -2.11. The fourth-order valence-corrected chi connectivity index (χ4v) is 4.70. The van der Waals surface area contributed by atoms with E-state index in [1.807, 2.05) is 60.7 Å². The average Bonchev–Trinajstić information content (AvgIpc) is 3.41. The van der Waals surface area contributed by atoms with Crippen LogP contribution in [0.1, 0.15) is 5.56 Å². The second kappa shape index (κ2) is 7.58. The number of aromatic nitrogens is 5. The molecule has 3 aromatic heterocycles. The summed E-state index contributed by atoms with van der Waals surface area (Å²) in [6.45, 7) is 0.